The molecule has 35 heavy (non-hydrogen) atoms. The Hall–Kier alpha value is -3.37. The van der Waals surface area contributed by atoms with Crippen molar-refractivity contribution in [3.63, 3.8) is 0 Å². The van der Waals surface area contributed by atoms with Crippen LogP contribution in [0, 0.1) is 17.8 Å². The molecule has 7 N–H and O–H groups in total. The van der Waals surface area contributed by atoms with E-state index in [0.717, 1.165) is 6.42 Å². The number of nitrogens with two attached hydrogens (primary N) is 1. The first-order chi connectivity index (χ1) is 16.3. The SMILES string of the molecule is CC(C)C(NC(=O)NC(C(=O)O)C(C)C)C(N)=O.CC(C)C1/C=C/C(=O)NCC/C=C/CC(=O)N1. The molecule has 0 bridgehead atoms. The van der Waals surface area contributed by atoms with Gasteiger partial charge in [-0.05, 0) is 24.2 Å². The molecular weight excluding hydrogens is 454 g/mol. The van der Waals surface area contributed by atoms with Crippen molar-refractivity contribution in [1.82, 2.24) is 21.3 Å². The molecule has 0 saturated carbocycles. The standard InChI is InChI=1S/C13H20N2O2.C11H21N3O4/c1-10(2)11-7-8-12(16)14-9-5-3-4-6-13(17)15-11;1-5(2)7(9(12)15)13-11(18)14-8(6(3)4)10(16)17/h3-4,7-8,10-11H,5-6,9H2,1-2H3,(H,14,16)(H,15,17);5-8H,1-4H3,(H2,12,15)(H,16,17)(H2,13,14,18)/b4-3+,8-7+;. The van der Waals surface area contributed by atoms with Crippen LogP contribution in [0.3, 0.4) is 0 Å². The lowest BCUT2D eigenvalue weighted by Gasteiger charge is -2.22. The van der Waals surface area contributed by atoms with Crippen LogP contribution in [-0.2, 0) is 19.2 Å². The fraction of sp³-hybridized carbons (Fsp3) is 0.625. The van der Waals surface area contributed by atoms with Crippen molar-refractivity contribution in [1.29, 1.82) is 0 Å². The number of carbonyl (C=O) groups is 5. The first-order valence-electron chi connectivity index (χ1n) is 11.8. The number of amides is 5. The van der Waals surface area contributed by atoms with Crippen LogP contribution in [0.5, 0.6) is 0 Å². The van der Waals surface area contributed by atoms with Gasteiger partial charge < -0.3 is 32.1 Å². The topological polar surface area (TPSA) is 180 Å². The van der Waals surface area contributed by atoms with E-state index < -0.39 is 30.0 Å². The van der Waals surface area contributed by atoms with Gasteiger partial charge in [-0.1, -0.05) is 59.8 Å². The lowest BCUT2D eigenvalue weighted by molar-refractivity contribution is -0.140. The maximum Gasteiger partial charge on any atom is 0.326 e. The average Bonchev–Trinajstić information content (AvgIpc) is 2.74. The van der Waals surface area contributed by atoms with Crippen LogP contribution >= 0.6 is 0 Å². The zero-order valence-corrected chi connectivity index (χ0v) is 21.5. The Morgan fingerprint density at radius 1 is 1.00 bits per heavy atom. The summed E-state index contributed by atoms with van der Waals surface area (Å²) in [6.45, 7) is 11.4. The lowest BCUT2D eigenvalue weighted by Crippen LogP contribution is -2.55. The Balaban J connectivity index is 0.000000661. The molecule has 3 atom stereocenters. The molecule has 3 unspecified atom stereocenters. The molecule has 0 aromatic rings. The third-order valence-corrected chi connectivity index (χ3v) is 5.06. The van der Waals surface area contributed by atoms with Gasteiger partial charge in [-0.15, -0.1) is 0 Å². The van der Waals surface area contributed by atoms with Gasteiger partial charge >= 0.3 is 12.0 Å². The second-order valence-corrected chi connectivity index (χ2v) is 9.25. The quantitative estimate of drug-likeness (QED) is 0.287. The van der Waals surface area contributed by atoms with Crippen LogP contribution in [0.15, 0.2) is 24.3 Å². The Bertz CT molecular complexity index is 761. The van der Waals surface area contributed by atoms with Gasteiger partial charge in [0.2, 0.25) is 17.7 Å². The summed E-state index contributed by atoms with van der Waals surface area (Å²) in [7, 11) is 0. The van der Waals surface area contributed by atoms with Gasteiger partial charge in [0, 0.05) is 25.1 Å². The minimum atomic E-state index is -1.12. The second kappa shape index (κ2) is 16.3. The van der Waals surface area contributed by atoms with E-state index in [1.54, 1.807) is 33.8 Å². The summed E-state index contributed by atoms with van der Waals surface area (Å²) in [4.78, 5) is 56.6. The van der Waals surface area contributed by atoms with E-state index in [4.69, 9.17) is 10.8 Å². The van der Waals surface area contributed by atoms with E-state index in [9.17, 15) is 24.0 Å². The number of nitrogens with one attached hydrogen (secondary N) is 4. The first-order valence-corrected chi connectivity index (χ1v) is 11.8. The van der Waals surface area contributed by atoms with Crippen LogP contribution in [0.1, 0.15) is 54.4 Å². The molecule has 1 heterocycles. The van der Waals surface area contributed by atoms with E-state index in [-0.39, 0.29) is 35.6 Å². The Kier molecular flexibility index (Phi) is 14.7. The predicted octanol–water partition coefficient (Wildman–Crippen LogP) is 1.05. The molecule has 1 rings (SSSR count). The van der Waals surface area contributed by atoms with E-state index in [1.807, 2.05) is 26.0 Å². The van der Waals surface area contributed by atoms with Crippen LogP contribution in [0.25, 0.3) is 0 Å². The molecule has 11 nitrogen and oxygen atoms in total. The molecule has 5 amide bonds. The van der Waals surface area contributed by atoms with Crippen molar-refractivity contribution in [2.45, 2.75) is 72.5 Å². The van der Waals surface area contributed by atoms with Gasteiger partial charge in [0.15, 0.2) is 0 Å². The number of carbonyl (C=O) groups excluding carboxylic acids is 4. The number of primary amides is 1. The van der Waals surface area contributed by atoms with Gasteiger partial charge in [-0.25, -0.2) is 9.59 Å². The van der Waals surface area contributed by atoms with Crippen molar-refractivity contribution in [2.75, 3.05) is 6.54 Å². The third kappa shape index (κ3) is 13.8. The summed E-state index contributed by atoms with van der Waals surface area (Å²) in [5, 5.41) is 19.3. The van der Waals surface area contributed by atoms with Crippen molar-refractivity contribution in [3.8, 4) is 0 Å². The predicted molar refractivity (Wildman–Crippen MR) is 133 cm³/mol. The summed E-state index contributed by atoms with van der Waals surface area (Å²) in [5.41, 5.74) is 5.14. The molecule has 0 spiro atoms. The van der Waals surface area contributed by atoms with Crippen molar-refractivity contribution in [3.05, 3.63) is 24.3 Å². The second-order valence-electron chi connectivity index (χ2n) is 9.25. The number of aliphatic carboxylic acids is 1. The fourth-order valence-corrected chi connectivity index (χ4v) is 2.92. The highest BCUT2D eigenvalue weighted by atomic mass is 16.4. The van der Waals surface area contributed by atoms with E-state index in [2.05, 4.69) is 21.3 Å². The average molecular weight is 496 g/mol. The van der Waals surface area contributed by atoms with Crippen molar-refractivity contribution < 1.29 is 29.1 Å². The number of carboxylic acids is 1. The van der Waals surface area contributed by atoms with Crippen molar-refractivity contribution >= 4 is 29.7 Å². The van der Waals surface area contributed by atoms with Gasteiger partial charge in [0.05, 0.1) is 0 Å². The minimum absolute atomic E-state index is 0.00872. The smallest absolute Gasteiger partial charge is 0.326 e. The van der Waals surface area contributed by atoms with Gasteiger partial charge in [-0.2, -0.15) is 0 Å². The maximum atomic E-state index is 11.6. The van der Waals surface area contributed by atoms with Crippen LogP contribution in [0.2, 0.25) is 0 Å². The summed E-state index contributed by atoms with van der Waals surface area (Å²) in [6, 6.07) is -2.65. The van der Waals surface area contributed by atoms with Crippen LogP contribution in [0.4, 0.5) is 4.79 Å². The number of hydrogen-bond acceptors (Lipinski definition) is 5. The molecule has 1 aliphatic heterocycles. The van der Waals surface area contributed by atoms with Gasteiger partial charge in [0.25, 0.3) is 0 Å². The van der Waals surface area contributed by atoms with E-state index >= 15 is 0 Å². The van der Waals surface area contributed by atoms with Crippen molar-refractivity contribution in [2.24, 2.45) is 23.5 Å². The van der Waals surface area contributed by atoms with Crippen LogP contribution in [-0.4, -0.2) is 59.5 Å². The molecule has 0 saturated heterocycles. The maximum absolute atomic E-state index is 11.6. The largest absolute Gasteiger partial charge is 0.480 e. The lowest BCUT2D eigenvalue weighted by atomic mass is 10.0. The molecule has 0 aromatic heterocycles. The normalized spacial score (nSPS) is 20.1. The number of carboxylic acid groups (broad SMARTS) is 1. The fourth-order valence-electron chi connectivity index (χ4n) is 2.92. The number of rotatable bonds is 7. The molecule has 1 aliphatic rings. The third-order valence-electron chi connectivity index (χ3n) is 5.06. The number of hydrogen-bond donors (Lipinski definition) is 6. The Labute approximate surface area is 207 Å². The molecule has 11 heteroatoms. The highest BCUT2D eigenvalue weighted by Gasteiger charge is 2.26. The van der Waals surface area contributed by atoms with Gasteiger partial charge in [-0.3, -0.25) is 14.4 Å². The molecule has 198 valence electrons. The van der Waals surface area contributed by atoms with E-state index in [0.29, 0.717) is 13.0 Å². The summed E-state index contributed by atoms with van der Waals surface area (Å²) in [5.74, 6) is -2.08. The zero-order chi connectivity index (χ0) is 27.1. The Morgan fingerprint density at radius 2 is 1.57 bits per heavy atom. The molecule has 0 aliphatic carbocycles. The highest BCUT2D eigenvalue weighted by molar-refractivity contribution is 5.88. The first kappa shape index (κ1) is 31.6. The van der Waals surface area contributed by atoms with Gasteiger partial charge in [0.1, 0.15) is 12.1 Å². The number of urea groups is 1. The monoisotopic (exact) mass is 495 g/mol. The van der Waals surface area contributed by atoms with E-state index in [1.165, 1.54) is 6.08 Å². The minimum Gasteiger partial charge on any atom is -0.480 e. The molecule has 0 aromatic carbocycles. The zero-order valence-electron chi connectivity index (χ0n) is 21.5. The Morgan fingerprint density at radius 3 is 2.06 bits per heavy atom. The molecular formula is C24H41N5O6. The summed E-state index contributed by atoms with van der Waals surface area (Å²) in [6.07, 6.45) is 8.14. The molecule has 0 fully saturated rings. The highest BCUT2D eigenvalue weighted by Crippen LogP contribution is 2.05. The van der Waals surface area contributed by atoms with Crippen LogP contribution < -0.4 is 27.0 Å². The summed E-state index contributed by atoms with van der Waals surface area (Å²) >= 11 is 0. The molecule has 0 radical (unpaired) electrons. The summed E-state index contributed by atoms with van der Waals surface area (Å²) < 4.78 is 0.